The van der Waals surface area contributed by atoms with Crippen molar-refractivity contribution in [2.24, 2.45) is 0 Å². The van der Waals surface area contributed by atoms with E-state index in [0.29, 0.717) is 12.8 Å². The predicted octanol–water partition coefficient (Wildman–Crippen LogP) is 4.39. The Morgan fingerprint density at radius 3 is 2.55 bits per heavy atom. The minimum Gasteiger partial charge on any atom is -0.481 e. The summed E-state index contributed by atoms with van der Waals surface area (Å²) in [6, 6.07) is 13.6. The lowest BCUT2D eigenvalue weighted by Crippen LogP contribution is -2.12. The van der Waals surface area contributed by atoms with Gasteiger partial charge in [-0.05, 0) is 42.2 Å². The molecule has 2 aromatic rings. The van der Waals surface area contributed by atoms with Crippen molar-refractivity contribution in [1.82, 2.24) is 0 Å². The van der Waals surface area contributed by atoms with E-state index in [2.05, 4.69) is 15.9 Å². The van der Waals surface area contributed by atoms with Crippen molar-refractivity contribution in [3.8, 4) is 0 Å². The van der Waals surface area contributed by atoms with Crippen LogP contribution in [0.25, 0.3) is 0 Å². The molecule has 0 bridgehead atoms. The van der Waals surface area contributed by atoms with E-state index in [1.807, 2.05) is 18.2 Å². The molecule has 0 amide bonds. The van der Waals surface area contributed by atoms with Gasteiger partial charge in [0.15, 0.2) is 0 Å². The molecule has 4 heteroatoms. The number of halogens is 2. The molecule has 0 aliphatic heterocycles. The van der Waals surface area contributed by atoms with Gasteiger partial charge in [-0.3, -0.25) is 4.79 Å². The van der Waals surface area contributed by atoms with Crippen molar-refractivity contribution < 1.29 is 14.3 Å². The summed E-state index contributed by atoms with van der Waals surface area (Å²) in [6.45, 7) is 0. The van der Waals surface area contributed by atoms with Crippen LogP contribution in [0.1, 0.15) is 23.5 Å². The molecular weight excluding hydrogens is 323 g/mol. The zero-order valence-electron chi connectivity index (χ0n) is 10.7. The number of hydrogen-bond donors (Lipinski definition) is 1. The normalized spacial score (nSPS) is 12.1. The van der Waals surface area contributed by atoms with E-state index in [4.69, 9.17) is 0 Å². The summed E-state index contributed by atoms with van der Waals surface area (Å²) < 4.78 is 14.0. The molecule has 0 radical (unpaired) electrons. The van der Waals surface area contributed by atoms with E-state index in [9.17, 15) is 14.3 Å². The van der Waals surface area contributed by atoms with Crippen molar-refractivity contribution >= 4 is 21.9 Å². The van der Waals surface area contributed by atoms with E-state index in [0.717, 1.165) is 15.6 Å². The van der Waals surface area contributed by atoms with Crippen LogP contribution in [-0.2, 0) is 11.2 Å². The highest BCUT2D eigenvalue weighted by molar-refractivity contribution is 9.10. The minimum absolute atomic E-state index is 0.310. The summed E-state index contributed by atoms with van der Waals surface area (Å²) in [5, 5.41) is 9.34. The molecule has 0 saturated heterocycles. The number of carboxylic acid groups (broad SMARTS) is 1. The van der Waals surface area contributed by atoms with E-state index >= 15 is 0 Å². The molecule has 0 aromatic heterocycles. The zero-order valence-corrected chi connectivity index (χ0v) is 12.3. The maximum absolute atomic E-state index is 13.2. The first-order valence-corrected chi connectivity index (χ1v) is 7.09. The lowest BCUT2D eigenvalue weighted by Gasteiger charge is -2.13. The van der Waals surface area contributed by atoms with Gasteiger partial charge in [-0.15, -0.1) is 0 Å². The number of aryl methyl sites for hydroxylation is 1. The summed E-state index contributed by atoms with van der Waals surface area (Å²) in [5.41, 5.74) is 1.56. The number of carbonyl (C=O) groups is 1. The van der Waals surface area contributed by atoms with Gasteiger partial charge in [-0.1, -0.05) is 46.3 Å². The van der Waals surface area contributed by atoms with Gasteiger partial charge in [0, 0.05) is 4.47 Å². The van der Waals surface area contributed by atoms with Crippen LogP contribution >= 0.6 is 15.9 Å². The second kappa shape index (κ2) is 6.66. The molecule has 2 rings (SSSR count). The minimum atomic E-state index is -0.858. The average molecular weight is 337 g/mol. The molecular formula is C16H14BrFO2. The number of aliphatic carboxylic acids is 1. The largest absolute Gasteiger partial charge is 0.481 e. The topological polar surface area (TPSA) is 37.3 Å². The summed E-state index contributed by atoms with van der Waals surface area (Å²) in [7, 11) is 0. The van der Waals surface area contributed by atoms with Gasteiger partial charge in [-0.25, -0.2) is 4.39 Å². The Labute approximate surface area is 125 Å². The maximum Gasteiger partial charge on any atom is 0.310 e. The first-order chi connectivity index (χ1) is 9.58. The molecule has 2 aromatic carbocycles. The van der Waals surface area contributed by atoms with Crippen LogP contribution in [0.15, 0.2) is 53.0 Å². The fraction of sp³-hybridized carbons (Fsp3) is 0.188. The van der Waals surface area contributed by atoms with Gasteiger partial charge in [0.25, 0.3) is 0 Å². The molecule has 0 saturated carbocycles. The van der Waals surface area contributed by atoms with Crippen molar-refractivity contribution in [2.45, 2.75) is 18.8 Å². The van der Waals surface area contributed by atoms with Crippen molar-refractivity contribution in [3.05, 3.63) is 69.9 Å². The number of carboxylic acids is 1. The highest BCUT2D eigenvalue weighted by atomic mass is 79.9. The molecule has 0 fully saturated rings. The third-order valence-electron chi connectivity index (χ3n) is 3.21. The van der Waals surface area contributed by atoms with Gasteiger partial charge in [0.1, 0.15) is 5.82 Å². The smallest absolute Gasteiger partial charge is 0.310 e. The summed E-state index contributed by atoms with van der Waals surface area (Å²) >= 11 is 3.36. The lowest BCUT2D eigenvalue weighted by molar-refractivity contribution is -0.138. The third-order valence-corrected chi connectivity index (χ3v) is 3.98. The first-order valence-electron chi connectivity index (χ1n) is 6.29. The zero-order chi connectivity index (χ0) is 14.5. The summed E-state index contributed by atoms with van der Waals surface area (Å²) in [4.78, 5) is 11.4. The molecule has 0 aliphatic rings. The van der Waals surface area contributed by atoms with Crippen LogP contribution in [0.2, 0.25) is 0 Å². The Morgan fingerprint density at radius 2 is 1.90 bits per heavy atom. The molecule has 0 spiro atoms. The molecule has 1 unspecified atom stereocenters. The van der Waals surface area contributed by atoms with Gasteiger partial charge < -0.3 is 5.11 Å². The van der Waals surface area contributed by atoms with Gasteiger partial charge in [-0.2, -0.15) is 0 Å². The van der Waals surface area contributed by atoms with E-state index < -0.39 is 11.9 Å². The molecule has 20 heavy (non-hydrogen) atoms. The first kappa shape index (κ1) is 14.7. The summed E-state index contributed by atoms with van der Waals surface area (Å²) in [5.74, 6) is -1.75. The highest BCUT2D eigenvalue weighted by Gasteiger charge is 2.19. The monoisotopic (exact) mass is 336 g/mol. The molecule has 0 heterocycles. The lowest BCUT2D eigenvalue weighted by atomic mass is 9.92. The van der Waals surface area contributed by atoms with Gasteiger partial charge >= 0.3 is 5.97 Å². The molecule has 104 valence electrons. The van der Waals surface area contributed by atoms with Crippen molar-refractivity contribution in [1.29, 1.82) is 0 Å². The Kier molecular flexibility index (Phi) is 4.90. The number of benzene rings is 2. The van der Waals surface area contributed by atoms with Crippen molar-refractivity contribution in [3.63, 3.8) is 0 Å². The Hall–Kier alpha value is -1.68. The van der Waals surface area contributed by atoms with Gasteiger partial charge in [0.05, 0.1) is 5.92 Å². The standard InChI is InChI=1S/C16H14BrFO2/c17-15-9-7-13(18)10-12(15)6-8-14(16(19)20)11-4-2-1-3-5-11/h1-5,7,9-10,14H,6,8H2,(H,19,20). The number of rotatable bonds is 5. The number of hydrogen-bond acceptors (Lipinski definition) is 1. The van der Waals surface area contributed by atoms with Crippen LogP contribution < -0.4 is 0 Å². The van der Waals surface area contributed by atoms with Gasteiger partial charge in [0.2, 0.25) is 0 Å². The SMILES string of the molecule is O=C(O)C(CCc1cc(F)ccc1Br)c1ccccc1. The van der Waals surface area contributed by atoms with E-state index in [1.165, 1.54) is 12.1 Å². The van der Waals surface area contributed by atoms with Crippen molar-refractivity contribution in [2.75, 3.05) is 0 Å². The quantitative estimate of drug-likeness (QED) is 0.879. The Morgan fingerprint density at radius 1 is 1.20 bits per heavy atom. The van der Waals surface area contributed by atoms with Crippen LogP contribution in [0.4, 0.5) is 4.39 Å². The van der Waals surface area contributed by atoms with E-state index in [1.54, 1.807) is 18.2 Å². The Balaban J connectivity index is 2.14. The molecule has 0 aliphatic carbocycles. The fourth-order valence-corrected chi connectivity index (χ4v) is 2.60. The third kappa shape index (κ3) is 3.67. The molecule has 1 atom stereocenters. The van der Waals surface area contributed by atoms with E-state index in [-0.39, 0.29) is 5.82 Å². The van der Waals surface area contributed by atoms with Crippen LogP contribution in [0.5, 0.6) is 0 Å². The highest BCUT2D eigenvalue weighted by Crippen LogP contribution is 2.25. The second-order valence-electron chi connectivity index (χ2n) is 4.58. The average Bonchev–Trinajstić information content (AvgIpc) is 2.43. The second-order valence-corrected chi connectivity index (χ2v) is 5.43. The maximum atomic E-state index is 13.2. The van der Waals surface area contributed by atoms with Crippen LogP contribution in [0, 0.1) is 5.82 Å². The molecule has 2 nitrogen and oxygen atoms in total. The predicted molar refractivity (Wildman–Crippen MR) is 79.2 cm³/mol. The molecule has 1 N–H and O–H groups in total. The Bertz CT molecular complexity index is 599. The van der Waals surface area contributed by atoms with Crippen LogP contribution in [0.3, 0.4) is 0 Å². The summed E-state index contributed by atoms with van der Waals surface area (Å²) in [6.07, 6.45) is 0.936. The fourth-order valence-electron chi connectivity index (χ4n) is 2.15. The van der Waals surface area contributed by atoms with Crippen LogP contribution in [-0.4, -0.2) is 11.1 Å².